The fourth-order valence-electron chi connectivity index (χ4n) is 4.35. The molecule has 3 amide bonds. The second-order valence-corrected chi connectivity index (χ2v) is 7.16. The molecule has 0 radical (unpaired) electrons. The van der Waals surface area contributed by atoms with E-state index in [-0.39, 0.29) is 43.3 Å². The topological polar surface area (TPSA) is 82.1 Å². The minimum Gasteiger partial charge on any atom is -0.394 e. The number of methoxy groups -OCH3 is 1. The molecule has 1 saturated heterocycles. The van der Waals surface area contributed by atoms with Crippen molar-refractivity contribution in [1.29, 1.82) is 0 Å². The summed E-state index contributed by atoms with van der Waals surface area (Å²) < 4.78 is 18.9. The van der Waals surface area contributed by atoms with Gasteiger partial charge in [-0.3, -0.25) is 4.79 Å². The van der Waals surface area contributed by atoms with E-state index in [4.69, 9.17) is 4.74 Å². The van der Waals surface area contributed by atoms with Gasteiger partial charge in [0.25, 0.3) is 5.91 Å². The molecule has 2 aliphatic heterocycles. The van der Waals surface area contributed by atoms with Crippen molar-refractivity contribution in [3.05, 3.63) is 59.9 Å². The van der Waals surface area contributed by atoms with Gasteiger partial charge in [0.2, 0.25) is 0 Å². The van der Waals surface area contributed by atoms with Gasteiger partial charge in [-0.25, -0.2) is 9.18 Å². The predicted molar refractivity (Wildman–Crippen MR) is 105 cm³/mol. The maximum Gasteiger partial charge on any atom is 0.322 e. The van der Waals surface area contributed by atoms with E-state index in [1.165, 1.54) is 24.1 Å². The van der Waals surface area contributed by atoms with E-state index in [2.05, 4.69) is 5.32 Å². The van der Waals surface area contributed by atoms with Crippen LogP contribution >= 0.6 is 0 Å². The number of aliphatic hydroxyl groups is 1. The second-order valence-electron chi connectivity index (χ2n) is 7.16. The predicted octanol–water partition coefficient (Wildman–Crippen LogP) is 2.18. The molecule has 0 saturated carbocycles. The number of urea groups is 1. The molecule has 3 atom stereocenters. The third kappa shape index (κ3) is 3.24. The third-order valence-corrected chi connectivity index (χ3v) is 5.61. The van der Waals surface area contributed by atoms with Crippen molar-refractivity contribution in [2.45, 2.75) is 18.0 Å². The van der Waals surface area contributed by atoms with E-state index < -0.39 is 17.9 Å². The highest BCUT2D eigenvalue weighted by molar-refractivity contribution is 5.97. The lowest BCUT2D eigenvalue weighted by Gasteiger charge is -2.58. The number of nitrogens with zero attached hydrogens (tertiary/aromatic N) is 2. The van der Waals surface area contributed by atoms with Crippen LogP contribution in [0.3, 0.4) is 0 Å². The van der Waals surface area contributed by atoms with E-state index in [0.29, 0.717) is 0 Å². The van der Waals surface area contributed by atoms with Gasteiger partial charge in [-0.1, -0.05) is 30.3 Å². The number of nitrogens with one attached hydrogen (secondary N) is 1. The summed E-state index contributed by atoms with van der Waals surface area (Å²) in [6.45, 7) is -0.0200. The van der Waals surface area contributed by atoms with Crippen LogP contribution in [0.25, 0.3) is 0 Å². The van der Waals surface area contributed by atoms with Gasteiger partial charge < -0.3 is 25.0 Å². The first-order valence-corrected chi connectivity index (χ1v) is 9.39. The van der Waals surface area contributed by atoms with E-state index >= 15 is 0 Å². The molecule has 152 valence electrons. The number of para-hydroxylation sites is 2. The summed E-state index contributed by atoms with van der Waals surface area (Å²) in [5, 5.41) is 12.5. The fraction of sp³-hybridized carbons (Fsp3) is 0.333. The molecule has 0 aromatic heterocycles. The number of ether oxygens (including phenoxy) is 1. The first-order chi connectivity index (χ1) is 14.1. The molecule has 0 aliphatic carbocycles. The zero-order valence-corrected chi connectivity index (χ0v) is 15.9. The first kappa shape index (κ1) is 19.4. The number of anilines is 2. The summed E-state index contributed by atoms with van der Waals surface area (Å²) in [5.74, 6) is -0.848. The Balaban J connectivity index is 1.63. The van der Waals surface area contributed by atoms with Crippen LogP contribution in [0.2, 0.25) is 0 Å². The Hall–Kier alpha value is -2.97. The van der Waals surface area contributed by atoms with Crippen LogP contribution < -0.4 is 10.2 Å². The average Bonchev–Trinajstić information content (AvgIpc) is 2.70. The largest absolute Gasteiger partial charge is 0.394 e. The number of likely N-dealkylation sites (tertiary alicyclic amines) is 1. The van der Waals surface area contributed by atoms with Gasteiger partial charge in [0.1, 0.15) is 12.4 Å². The average molecular weight is 399 g/mol. The van der Waals surface area contributed by atoms with Gasteiger partial charge in [0.15, 0.2) is 0 Å². The van der Waals surface area contributed by atoms with Crippen molar-refractivity contribution >= 4 is 23.3 Å². The molecule has 0 unspecified atom stereocenters. The Labute approximate surface area is 167 Å². The van der Waals surface area contributed by atoms with Gasteiger partial charge in [-0.15, -0.1) is 0 Å². The van der Waals surface area contributed by atoms with Gasteiger partial charge in [0, 0.05) is 25.3 Å². The Morgan fingerprint density at radius 2 is 1.93 bits per heavy atom. The summed E-state index contributed by atoms with van der Waals surface area (Å²) in [4.78, 5) is 28.6. The van der Waals surface area contributed by atoms with Crippen LogP contribution in [0.1, 0.15) is 11.5 Å². The molecule has 2 aromatic carbocycles. The van der Waals surface area contributed by atoms with E-state index in [1.807, 2.05) is 24.3 Å². The maximum absolute atomic E-state index is 13.9. The summed E-state index contributed by atoms with van der Waals surface area (Å²) in [6, 6.07) is 12.1. The molecule has 1 fully saturated rings. The minimum atomic E-state index is -0.538. The molecule has 4 rings (SSSR count). The normalized spacial score (nSPS) is 22.4. The molecular weight excluding hydrogens is 377 g/mol. The molecular formula is C21H22FN3O4. The lowest BCUT2D eigenvalue weighted by molar-refractivity contribution is -0.123. The van der Waals surface area contributed by atoms with Gasteiger partial charge in [0.05, 0.1) is 24.4 Å². The van der Waals surface area contributed by atoms with E-state index in [9.17, 15) is 19.1 Å². The van der Waals surface area contributed by atoms with Gasteiger partial charge in [-0.2, -0.15) is 0 Å². The minimum absolute atomic E-state index is 0.0705. The maximum atomic E-state index is 13.9. The molecule has 2 heterocycles. The number of hydrogen-bond donors (Lipinski definition) is 2. The van der Waals surface area contributed by atoms with Crippen molar-refractivity contribution in [2.75, 3.05) is 37.1 Å². The number of benzene rings is 2. The molecule has 2 aromatic rings. The first-order valence-electron chi connectivity index (χ1n) is 9.39. The highest BCUT2D eigenvalue weighted by Gasteiger charge is 2.55. The summed E-state index contributed by atoms with van der Waals surface area (Å²) in [7, 11) is 1.45. The number of halogens is 1. The SMILES string of the molecule is COCC(=O)N1C[C@H]2[C@@H](c3ccccc31)[C@H](CO)N2C(=O)Nc1ccccc1F. The van der Waals surface area contributed by atoms with Crippen molar-refractivity contribution in [1.82, 2.24) is 4.90 Å². The van der Waals surface area contributed by atoms with Crippen LogP contribution in [-0.4, -0.2) is 60.9 Å². The Bertz CT molecular complexity index is 938. The van der Waals surface area contributed by atoms with Crippen molar-refractivity contribution in [2.24, 2.45) is 0 Å². The smallest absolute Gasteiger partial charge is 0.322 e. The summed E-state index contributed by atoms with van der Waals surface area (Å²) >= 11 is 0. The van der Waals surface area contributed by atoms with Crippen LogP contribution in [0.15, 0.2) is 48.5 Å². The number of rotatable bonds is 4. The number of fused-ring (bicyclic) bond motifs is 3. The van der Waals surface area contributed by atoms with Crippen LogP contribution in [0, 0.1) is 5.82 Å². The molecule has 8 heteroatoms. The molecule has 2 N–H and O–H groups in total. The number of amides is 3. The van der Waals surface area contributed by atoms with Crippen LogP contribution in [-0.2, 0) is 9.53 Å². The standard InChI is InChI=1S/C21H22FN3O4/c1-29-12-19(27)24-10-17-20(13-6-2-5-9-16(13)24)18(11-26)25(17)21(28)23-15-8-4-3-7-14(15)22/h2-9,17-18,20,26H,10-12H2,1H3,(H,23,28)/t17-,18-,20+/m0/s1. The quantitative estimate of drug-likeness (QED) is 0.826. The molecule has 29 heavy (non-hydrogen) atoms. The van der Waals surface area contributed by atoms with Crippen molar-refractivity contribution in [3.63, 3.8) is 0 Å². The zero-order chi connectivity index (χ0) is 20.5. The molecule has 2 aliphatic rings. The Morgan fingerprint density at radius 3 is 2.66 bits per heavy atom. The summed E-state index contributed by atoms with van der Waals surface area (Å²) in [5.41, 5.74) is 1.74. The number of carbonyl (C=O) groups excluding carboxylic acids is 2. The summed E-state index contributed by atoms with van der Waals surface area (Å²) in [6.07, 6.45) is 0. The highest BCUT2D eigenvalue weighted by Crippen LogP contribution is 2.48. The van der Waals surface area contributed by atoms with E-state index in [0.717, 1.165) is 11.3 Å². The monoisotopic (exact) mass is 399 g/mol. The third-order valence-electron chi connectivity index (χ3n) is 5.61. The van der Waals surface area contributed by atoms with Crippen molar-refractivity contribution < 1.29 is 23.8 Å². The second kappa shape index (κ2) is 7.81. The lowest BCUT2D eigenvalue weighted by Crippen LogP contribution is -2.71. The zero-order valence-electron chi connectivity index (χ0n) is 15.9. The lowest BCUT2D eigenvalue weighted by atomic mass is 9.72. The van der Waals surface area contributed by atoms with Crippen molar-refractivity contribution in [3.8, 4) is 0 Å². The van der Waals surface area contributed by atoms with Crippen LogP contribution in [0.5, 0.6) is 0 Å². The Morgan fingerprint density at radius 1 is 1.21 bits per heavy atom. The molecule has 7 nitrogen and oxygen atoms in total. The number of carbonyl (C=O) groups is 2. The van der Waals surface area contributed by atoms with Gasteiger partial charge in [-0.05, 0) is 23.8 Å². The fourth-order valence-corrected chi connectivity index (χ4v) is 4.35. The molecule has 0 bridgehead atoms. The number of aliphatic hydroxyl groups excluding tert-OH is 1. The number of hydrogen-bond acceptors (Lipinski definition) is 4. The van der Waals surface area contributed by atoms with E-state index in [1.54, 1.807) is 17.0 Å². The Kier molecular flexibility index (Phi) is 5.21. The highest BCUT2D eigenvalue weighted by atomic mass is 19.1. The van der Waals surface area contributed by atoms with Crippen LogP contribution in [0.4, 0.5) is 20.6 Å². The van der Waals surface area contributed by atoms with Gasteiger partial charge >= 0.3 is 6.03 Å². The molecule has 0 spiro atoms.